The van der Waals surface area contributed by atoms with Gasteiger partial charge in [0.15, 0.2) is 5.66 Å². The quantitative estimate of drug-likeness (QED) is 0.433. The van der Waals surface area contributed by atoms with E-state index >= 15 is 0 Å². The summed E-state index contributed by atoms with van der Waals surface area (Å²) in [5.41, 5.74) is 2.36. The second-order valence-electron chi connectivity index (χ2n) is 10.6. The monoisotopic (exact) mass is 461 g/mol. The molecule has 1 aromatic heterocycles. The molecule has 5 rings (SSSR count). The molecule has 4 aliphatic rings. The number of hydrogen-bond donors (Lipinski definition) is 2. The summed E-state index contributed by atoms with van der Waals surface area (Å²) >= 11 is 0. The van der Waals surface area contributed by atoms with E-state index in [1.165, 1.54) is 12.8 Å². The molecule has 1 saturated carbocycles. The summed E-state index contributed by atoms with van der Waals surface area (Å²) < 4.78 is 2.05. The number of aromatic nitrogens is 2. The fourth-order valence-electron chi connectivity index (χ4n) is 6.48. The third kappa shape index (κ3) is 3.86. The van der Waals surface area contributed by atoms with Crippen LogP contribution in [0.2, 0.25) is 0 Å². The second kappa shape index (κ2) is 9.03. The van der Waals surface area contributed by atoms with Crippen LogP contribution in [0.1, 0.15) is 64.4 Å². The smallest absolute Gasteiger partial charge is 0.156 e. The van der Waals surface area contributed by atoms with E-state index in [-0.39, 0.29) is 11.6 Å². The van der Waals surface area contributed by atoms with E-state index in [0.29, 0.717) is 18.3 Å². The molecule has 8 heteroatoms. The molecule has 5 atom stereocenters. The first-order valence-electron chi connectivity index (χ1n) is 12.6. The van der Waals surface area contributed by atoms with Gasteiger partial charge >= 0.3 is 0 Å². The van der Waals surface area contributed by atoms with Crippen molar-refractivity contribution in [1.29, 1.82) is 5.26 Å². The van der Waals surface area contributed by atoms with Crippen LogP contribution in [0.15, 0.2) is 35.2 Å². The molecule has 0 radical (unpaired) electrons. The molecule has 0 bridgehead atoms. The lowest BCUT2D eigenvalue weighted by Gasteiger charge is -2.31. The van der Waals surface area contributed by atoms with Crippen LogP contribution in [0.4, 0.5) is 0 Å². The van der Waals surface area contributed by atoms with Gasteiger partial charge in [0.25, 0.3) is 0 Å². The van der Waals surface area contributed by atoms with Gasteiger partial charge in [0, 0.05) is 30.4 Å². The number of carbonyl (C=O) groups is 1. The molecular weight excluding hydrogens is 426 g/mol. The van der Waals surface area contributed by atoms with E-state index in [4.69, 9.17) is 5.10 Å². The molecule has 180 valence electrons. The first kappa shape index (κ1) is 22.9. The molecule has 0 aromatic carbocycles. The lowest BCUT2D eigenvalue weighted by atomic mass is 9.91. The standard InChI is InChI=1S/C26H35N7O/c1-3-4-5-6-22(17-34)32-14-19-11-26(8-9-27,12-20(19)15-32)33-16-21(13-31-33)24-23-7-10-29-25(23,2)30-18-28-24/h7,10,13,16-20,22,29H,3-6,8,11-12,14-15H2,1-2H3,(H,28,30)/t19-,20+,22?,25?,26?. The van der Waals surface area contributed by atoms with E-state index < -0.39 is 5.66 Å². The molecule has 1 aliphatic carbocycles. The molecule has 34 heavy (non-hydrogen) atoms. The van der Waals surface area contributed by atoms with Crippen molar-refractivity contribution >= 4 is 18.3 Å². The number of nitrogens with zero attached hydrogens (tertiary/aromatic N) is 5. The zero-order valence-corrected chi connectivity index (χ0v) is 20.2. The fourth-order valence-corrected chi connectivity index (χ4v) is 6.48. The SMILES string of the molecule is CCCCCC(C=O)N1C[C@@H]2CC(CC#N)(n3cc(C4=C5C=CNC5(C)N=CN4)cn3)C[C@@H]2C1. The van der Waals surface area contributed by atoms with Gasteiger partial charge in [-0.05, 0) is 50.3 Å². The van der Waals surface area contributed by atoms with Crippen LogP contribution in [-0.4, -0.2) is 52.1 Å². The van der Waals surface area contributed by atoms with Crippen LogP contribution in [0.5, 0.6) is 0 Å². The Labute approximate surface area is 201 Å². The lowest BCUT2D eigenvalue weighted by molar-refractivity contribution is -0.112. The van der Waals surface area contributed by atoms with Crippen LogP contribution in [0, 0.1) is 23.2 Å². The maximum absolute atomic E-state index is 11.8. The number of aldehydes is 1. The first-order chi connectivity index (χ1) is 16.5. The Morgan fingerprint density at radius 2 is 2.12 bits per heavy atom. The summed E-state index contributed by atoms with van der Waals surface area (Å²) in [6, 6.07) is 2.48. The third-order valence-electron chi connectivity index (χ3n) is 8.32. The number of hydrogen-bond acceptors (Lipinski definition) is 7. The van der Waals surface area contributed by atoms with Gasteiger partial charge < -0.3 is 15.4 Å². The Kier molecular flexibility index (Phi) is 6.07. The summed E-state index contributed by atoms with van der Waals surface area (Å²) in [5.74, 6) is 1.00. The number of nitriles is 1. The highest BCUT2D eigenvalue weighted by atomic mass is 16.1. The molecule has 2 fully saturated rings. The van der Waals surface area contributed by atoms with E-state index in [9.17, 15) is 10.1 Å². The van der Waals surface area contributed by atoms with Gasteiger partial charge in [-0.15, -0.1) is 0 Å². The Bertz CT molecular complexity index is 1050. The summed E-state index contributed by atoms with van der Waals surface area (Å²) in [6.45, 7) is 6.15. The van der Waals surface area contributed by atoms with Crippen molar-refractivity contribution in [3.8, 4) is 6.07 Å². The zero-order valence-electron chi connectivity index (χ0n) is 20.2. The van der Waals surface area contributed by atoms with Crippen molar-refractivity contribution in [2.24, 2.45) is 16.8 Å². The number of carbonyl (C=O) groups excluding carboxylic acids is 1. The normalized spacial score (nSPS) is 32.7. The predicted octanol–water partition coefficient (Wildman–Crippen LogP) is 3.16. The number of aliphatic imine (C=N–C) groups is 1. The average molecular weight is 462 g/mol. The van der Waals surface area contributed by atoms with Gasteiger partial charge in [-0.3, -0.25) is 9.58 Å². The first-order valence-corrected chi connectivity index (χ1v) is 12.6. The molecule has 1 aromatic rings. The Balaban J connectivity index is 1.33. The van der Waals surface area contributed by atoms with Crippen molar-refractivity contribution in [1.82, 2.24) is 25.3 Å². The highest BCUT2D eigenvalue weighted by molar-refractivity contribution is 5.83. The number of rotatable bonds is 9. The Morgan fingerprint density at radius 3 is 2.82 bits per heavy atom. The minimum Gasteiger partial charge on any atom is -0.364 e. The van der Waals surface area contributed by atoms with Crippen molar-refractivity contribution in [2.75, 3.05) is 13.1 Å². The fraction of sp³-hybridized carbons (Fsp3) is 0.615. The molecule has 0 spiro atoms. The predicted molar refractivity (Wildman–Crippen MR) is 131 cm³/mol. The molecule has 3 unspecified atom stereocenters. The van der Waals surface area contributed by atoms with E-state index in [2.05, 4.69) is 57.4 Å². The number of fused-ring (bicyclic) bond motifs is 2. The molecule has 3 aliphatic heterocycles. The minimum absolute atomic E-state index is 0.0358. The van der Waals surface area contributed by atoms with Crippen LogP contribution < -0.4 is 10.6 Å². The number of unbranched alkanes of at least 4 members (excludes halogenated alkanes) is 2. The second-order valence-corrected chi connectivity index (χ2v) is 10.6. The molecule has 1 saturated heterocycles. The molecular formula is C26H35N7O. The summed E-state index contributed by atoms with van der Waals surface area (Å²) in [5, 5.41) is 21.1. The van der Waals surface area contributed by atoms with Crippen LogP contribution in [-0.2, 0) is 10.3 Å². The molecule has 4 heterocycles. The van der Waals surface area contributed by atoms with Crippen LogP contribution in [0.3, 0.4) is 0 Å². The van der Waals surface area contributed by atoms with Gasteiger partial charge in [0.1, 0.15) is 6.29 Å². The van der Waals surface area contributed by atoms with E-state index in [1.807, 2.05) is 12.4 Å². The van der Waals surface area contributed by atoms with Crippen molar-refractivity contribution in [3.05, 3.63) is 35.8 Å². The Morgan fingerprint density at radius 1 is 1.32 bits per heavy atom. The van der Waals surface area contributed by atoms with E-state index in [1.54, 1.807) is 6.34 Å². The van der Waals surface area contributed by atoms with Crippen molar-refractivity contribution in [3.63, 3.8) is 0 Å². The molecule has 8 nitrogen and oxygen atoms in total. The highest BCUT2D eigenvalue weighted by Gasteiger charge is 2.51. The number of likely N-dealkylation sites (tertiary alicyclic amines) is 1. The van der Waals surface area contributed by atoms with Gasteiger partial charge in [-0.2, -0.15) is 10.4 Å². The number of nitrogens with one attached hydrogen (secondary N) is 2. The van der Waals surface area contributed by atoms with Gasteiger partial charge in [0.05, 0.1) is 42.3 Å². The summed E-state index contributed by atoms with van der Waals surface area (Å²) in [7, 11) is 0. The zero-order chi connectivity index (χ0) is 23.8. The largest absolute Gasteiger partial charge is 0.364 e. The summed E-state index contributed by atoms with van der Waals surface area (Å²) in [6.07, 6.45) is 17.6. The topological polar surface area (TPSA) is 98.3 Å². The summed E-state index contributed by atoms with van der Waals surface area (Å²) in [4.78, 5) is 18.7. The van der Waals surface area contributed by atoms with Gasteiger partial charge in [0.2, 0.25) is 0 Å². The van der Waals surface area contributed by atoms with Crippen LogP contribution >= 0.6 is 0 Å². The lowest BCUT2D eigenvalue weighted by Crippen LogP contribution is -2.40. The third-order valence-corrected chi connectivity index (χ3v) is 8.32. The maximum atomic E-state index is 11.8. The highest BCUT2D eigenvalue weighted by Crippen LogP contribution is 2.50. The maximum Gasteiger partial charge on any atom is 0.156 e. The van der Waals surface area contributed by atoms with E-state index in [0.717, 1.165) is 61.9 Å². The van der Waals surface area contributed by atoms with Crippen LogP contribution in [0.25, 0.3) is 5.70 Å². The Hall–Kier alpha value is -2.92. The molecule has 0 amide bonds. The average Bonchev–Trinajstić information content (AvgIpc) is 3.58. The van der Waals surface area contributed by atoms with Gasteiger partial charge in [-0.1, -0.05) is 26.2 Å². The van der Waals surface area contributed by atoms with Gasteiger partial charge in [-0.25, -0.2) is 4.99 Å². The minimum atomic E-state index is -0.451. The molecule has 2 N–H and O–H groups in total. The van der Waals surface area contributed by atoms with Crippen molar-refractivity contribution < 1.29 is 4.79 Å². The van der Waals surface area contributed by atoms with Crippen molar-refractivity contribution in [2.45, 2.75) is 76.0 Å².